The Morgan fingerprint density at radius 2 is 0.708 bits per heavy atom. The first-order chi connectivity index (χ1) is 62.5. The Morgan fingerprint density at radius 1 is 0.400 bits per heavy atom. The number of aryl methyl sites for hydroxylation is 2. The van der Waals surface area contributed by atoms with Crippen molar-refractivity contribution in [3.8, 4) is 102 Å². The second-order valence-corrected chi connectivity index (χ2v) is 32.3. The number of imidazole rings is 3. The minimum absolute atomic E-state index is 0.00765. The fourth-order valence-corrected chi connectivity index (χ4v) is 13.9. The van der Waals surface area contributed by atoms with Crippen LogP contribution in [0.5, 0.6) is 23.0 Å². The number of halogens is 5. The summed E-state index contributed by atoms with van der Waals surface area (Å²) in [5.74, 6) is 4.07. The predicted octanol–water partition coefficient (Wildman–Crippen LogP) is 23.1. The highest BCUT2D eigenvalue weighted by molar-refractivity contribution is 6.67. The number of H-pyrrole nitrogens is 3. The third kappa shape index (κ3) is 23.3. The van der Waals surface area contributed by atoms with E-state index in [1.54, 1.807) is 132 Å². The standard InChI is InChI=1S/C31H29FN4O2.C21H18FN3O.C20H17FN4O.C13H14FN3.C11H13ClO.C8H8O2/c1-31(2,3)23-11-7-20(8-12-23)30(37)34-18-22-6-5-21(17-26(22)32)25-15-16-33-29-27(25)35-28(36-29)19-9-13-24(38-4)14-10-19;1-3-13-4-5-15(12-18(13)22)17-10-11-23-21-19(17)24-20(25-21)14-6-8-16(26-2)9-7-14;1-26-15-6-4-12(5-7-15)19-24-18-16(8-9-23-20(18)25-19)13-2-3-14(11-22)17(21)10-13;1-2-8-3-4-9(7-11(8)14)10-5-6-17-13(16)12(10)15;1-11(2,3)9-6-4-8(5-7-9)10(12)13;1-10-8-4-2-7(6-9)3-5-8/h5-17H,18H2,1-4H3,(H,34,37)(H,33,35,36);4-12H,3H2,1-2H3,(H,23,24,25);2-10H,11,22H2,1H3,(H,23,24,25);3-7H,2,15H2,1H3,(H2,16,17);4-7H,1-3H3;2-6H,1H3. The maximum atomic E-state index is 15.1. The third-order valence-electron chi connectivity index (χ3n) is 21.4. The Bertz CT molecular complexity index is 6610. The molecule has 0 radical (unpaired) electrons. The number of aldehydes is 1. The van der Waals surface area contributed by atoms with Crippen LogP contribution in [0.2, 0.25) is 0 Å². The number of nitrogen functional groups attached to an aromatic ring is 2. The number of ether oxygens (including phenoxy) is 4. The van der Waals surface area contributed by atoms with E-state index in [4.69, 9.17) is 47.7 Å². The van der Waals surface area contributed by atoms with Crippen molar-refractivity contribution >= 4 is 74.0 Å². The summed E-state index contributed by atoms with van der Waals surface area (Å²) in [6, 6.07) is 72.4. The molecule has 7 aromatic heterocycles. The molecule has 130 heavy (non-hydrogen) atoms. The number of hydrogen-bond acceptors (Lipinski definition) is 17. The number of carbonyl (C=O) groups is 3. The Balaban J connectivity index is 0.000000148. The molecule has 7 heterocycles. The summed E-state index contributed by atoms with van der Waals surface area (Å²) in [4.78, 5) is 74.2. The summed E-state index contributed by atoms with van der Waals surface area (Å²) < 4.78 is 77.7. The van der Waals surface area contributed by atoms with Gasteiger partial charge in [0.05, 0.1) is 50.7 Å². The van der Waals surface area contributed by atoms with Gasteiger partial charge in [-0.3, -0.25) is 14.4 Å². The first kappa shape index (κ1) is 93.9. The molecule has 0 fully saturated rings. The third-order valence-corrected chi connectivity index (χ3v) is 21.6. The number of amides is 1. The molecule has 26 heteroatoms. The summed E-state index contributed by atoms with van der Waals surface area (Å²) >= 11 is 5.33. The maximum Gasteiger partial charge on any atom is 0.252 e. The number of hydrogen-bond donors (Lipinski definition) is 7. The summed E-state index contributed by atoms with van der Waals surface area (Å²) in [6.07, 6.45) is 8.73. The van der Waals surface area contributed by atoms with Crippen molar-refractivity contribution in [3.63, 3.8) is 0 Å². The largest absolute Gasteiger partial charge is 0.497 e. The van der Waals surface area contributed by atoms with Crippen LogP contribution in [0.15, 0.2) is 267 Å². The van der Waals surface area contributed by atoms with Crippen LogP contribution in [-0.4, -0.2) is 95.7 Å². The van der Waals surface area contributed by atoms with Gasteiger partial charge in [-0.25, -0.2) is 52.4 Å². The molecule has 10 N–H and O–H groups in total. The van der Waals surface area contributed by atoms with E-state index in [-0.39, 0.29) is 53.1 Å². The zero-order valence-electron chi connectivity index (χ0n) is 73.9. The van der Waals surface area contributed by atoms with Crippen LogP contribution in [-0.2, 0) is 36.8 Å². The number of aromatic nitrogens is 10. The van der Waals surface area contributed by atoms with E-state index in [1.165, 1.54) is 23.8 Å². The molecule has 662 valence electrons. The highest BCUT2D eigenvalue weighted by Gasteiger charge is 2.21. The number of nitrogens with zero attached hydrogens (tertiary/aromatic N) is 7. The quantitative estimate of drug-likeness (QED) is 0.0225. The van der Waals surface area contributed by atoms with Crippen molar-refractivity contribution in [3.05, 3.63) is 341 Å². The molecule has 0 saturated carbocycles. The van der Waals surface area contributed by atoms with Gasteiger partial charge < -0.3 is 56.4 Å². The van der Waals surface area contributed by atoms with Crippen molar-refractivity contribution in [1.29, 1.82) is 0 Å². The van der Waals surface area contributed by atoms with E-state index in [1.807, 2.05) is 159 Å². The van der Waals surface area contributed by atoms with Gasteiger partial charge in [0.15, 0.2) is 16.9 Å². The smallest absolute Gasteiger partial charge is 0.252 e. The molecule has 17 rings (SSSR count). The van der Waals surface area contributed by atoms with Crippen LogP contribution >= 0.6 is 11.6 Å². The first-order valence-corrected chi connectivity index (χ1v) is 42.0. The lowest BCUT2D eigenvalue weighted by Crippen LogP contribution is -2.23. The van der Waals surface area contributed by atoms with E-state index in [9.17, 15) is 27.6 Å². The molecule has 0 aliphatic rings. The molecule has 0 aliphatic heterocycles. The number of anilines is 2. The average molecular weight is 1770 g/mol. The van der Waals surface area contributed by atoms with Crippen LogP contribution in [0.3, 0.4) is 0 Å². The molecular formula is C104H99ClF4N14O7. The fourth-order valence-electron chi connectivity index (χ4n) is 13.8. The highest BCUT2D eigenvalue weighted by Crippen LogP contribution is 2.37. The Kier molecular flexibility index (Phi) is 31.0. The number of nitrogens with one attached hydrogen (secondary N) is 4. The molecular weight excluding hydrogens is 1670 g/mol. The first-order valence-electron chi connectivity index (χ1n) is 41.6. The number of benzene rings is 10. The second kappa shape index (κ2) is 42.9. The Hall–Kier alpha value is -15.2. The topological polar surface area (TPSA) is 316 Å². The lowest BCUT2D eigenvalue weighted by atomic mass is 9.87. The number of carbonyl (C=O) groups excluding carboxylic acids is 3. The van der Waals surface area contributed by atoms with E-state index in [0.29, 0.717) is 109 Å². The van der Waals surface area contributed by atoms with Gasteiger partial charge in [-0.1, -0.05) is 128 Å². The zero-order chi connectivity index (χ0) is 92.9. The van der Waals surface area contributed by atoms with Gasteiger partial charge in [0.1, 0.15) is 75.8 Å². The van der Waals surface area contributed by atoms with E-state index >= 15 is 4.39 Å². The van der Waals surface area contributed by atoms with Crippen LogP contribution in [0.4, 0.5) is 29.1 Å². The fraction of sp³-hybridized carbons (Fsp3) is 0.173. The number of pyridine rings is 4. The van der Waals surface area contributed by atoms with Gasteiger partial charge in [-0.05, 0) is 250 Å². The minimum atomic E-state index is -0.402. The minimum Gasteiger partial charge on any atom is -0.497 e. The normalized spacial score (nSPS) is 11.0. The molecule has 0 atom stereocenters. The molecule has 0 bridgehead atoms. The van der Waals surface area contributed by atoms with Crippen LogP contribution < -0.4 is 41.5 Å². The molecule has 10 aromatic carbocycles. The average Bonchev–Trinajstić information content (AvgIpc) is 1.62. The van der Waals surface area contributed by atoms with E-state index < -0.39 is 11.1 Å². The molecule has 0 aliphatic carbocycles. The van der Waals surface area contributed by atoms with Crippen molar-refractivity contribution in [1.82, 2.24) is 55.2 Å². The van der Waals surface area contributed by atoms with Gasteiger partial charge in [0, 0.05) is 105 Å². The van der Waals surface area contributed by atoms with E-state index in [0.717, 1.165) is 95.9 Å². The van der Waals surface area contributed by atoms with E-state index in [2.05, 4.69) is 96.7 Å². The van der Waals surface area contributed by atoms with Gasteiger partial charge in [-0.2, -0.15) is 0 Å². The van der Waals surface area contributed by atoms with Gasteiger partial charge >= 0.3 is 0 Å². The molecule has 21 nitrogen and oxygen atoms in total. The summed E-state index contributed by atoms with van der Waals surface area (Å²) in [5.41, 5.74) is 36.8. The lowest BCUT2D eigenvalue weighted by molar-refractivity contribution is 0.0949. The number of rotatable bonds is 19. The number of nitrogens with two attached hydrogens (primary N) is 3. The van der Waals surface area contributed by atoms with Crippen LogP contribution in [0, 0.1) is 23.3 Å². The van der Waals surface area contributed by atoms with Gasteiger partial charge in [0.25, 0.3) is 11.1 Å². The number of fused-ring (bicyclic) bond motifs is 3. The lowest BCUT2D eigenvalue weighted by Gasteiger charge is -2.19. The Morgan fingerprint density at radius 3 is 1.02 bits per heavy atom. The van der Waals surface area contributed by atoms with Crippen molar-refractivity contribution in [2.75, 3.05) is 39.9 Å². The maximum absolute atomic E-state index is 15.1. The number of aromatic amines is 3. The SMILES string of the molecule is CC(C)(C)c1ccc(C(=O)Cl)cc1.CCc1ccc(-c2ccnc(N)c2N)cc1F.CCc1ccc(-c2ccnc3nc(-c4ccc(OC)cc4)[nH]c23)cc1F.COc1ccc(-c2nc3nccc(-c4ccc(CN)c(F)c4)c3[nH]2)cc1.COc1ccc(-c2nc3nccc(-c4ccc(CNC(=O)c5ccc(C(C)(C)C)cc5)c(F)c4)c3[nH]2)cc1.COc1ccc(C=O)cc1. The molecule has 0 unspecified atom stereocenters. The van der Waals surface area contributed by atoms with Crippen molar-refractivity contribution < 1.29 is 50.9 Å². The van der Waals surface area contributed by atoms with Gasteiger partial charge in [-0.15, -0.1) is 0 Å². The molecule has 1 amide bonds. The van der Waals surface area contributed by atoms with Crippen molar-refractivity contribution in [2.45, 2.75) is 92.2 Å². The number of methoxy groups -OCH3 is 4. The van der Waals surface area contributed by atoms with Crippen molar-refractivity contribution in [2.24, 2.45) is 5.73 Å². The monoisotopic (exact) mass is 1770 g/mol. The summed E-state index contributed by atoms with van der Waals surface area (Å²) in [7, 11) is 6.48. The summed E-state index contributed by atoms with van der Waals surface area (Å²) in [5, 5.41) is 2.42. The Labute approximate surface area is 756 Å². The van der Waals surface area contributed by atoms with Crippen LogP contribution in [0.25, 0.3) is 112 Å². The predicted molar refractivity (Wildman–Crippen MR) is 509 cm³/mol. The summed E-state index contributed by atoms with van der Waals surface area (Å²) in [6.45, 7) is 16.9. The van der Waals surface area contributed by atoms with Gasteiger partial charge in [0.2, 0.25) is 0 Å². The molecule has 17 aromatic rings. The second-order valence-electron chi connectivity index (χ2n) is 31.9. The molecule has 0 saturated heterocycles. The van der Waals surface area contributed by atoms with Crippen LogP contribution in [0.1, 0.15) is 120 Å². The molecule has 0 spiro atoms. The zero-order valence-corrected chi connectivity index (χ0v) is 74.7. The highest BCUT2D eigenvalue weighted by atomic mass is 35.5.